The minimum Gasteiger partial charge on any atom is -0.478 e. The second-order valence-corrected chi connectivity index (χ2v) is 7.34. The monoisotopic (exact) mass is 405 g/mol. The smallest absolute Gasteiger partial charge is 0.213 e. The molecule has 0 atom stereocenters. The van der Waals surface area contributed by atoms with Gasteiger partial charge in [0.25, 0.3) is 0 Å². The van der Waals surface area contributed by atoms with Gasteiger partial charge in [-0.05, 0) is 42.3 Å². The van der Waals surface area contributed by atoms with Gasteiger partial charge in [0.15, 0.2) is 0 Å². The third kappa shape index (κ3) is 4.97. The normalized spacial score (nSPS) is 11.1. The first-order chi connectivity index (χ1) is 14.3. The van der Waals surface area contributed by atoms with Crippen LogP contribution >= 0.6 is 11.6 Å². The molecule has 148 valence electrons. The van der Waals surface area contributed by atoms with Crippen LogP contribution in [0.4, 0.5) is 0 Å². The highest BCUT2D eigenvalue weighted by atomic mass is 35.5. The molecule has 2 heterocycles. The molecule has 0 bridgehead atoms. The molecule has 4 rings (SSSR count). The lowest BCUT2D eigenvalue weighted by Gasteiger charge is -2.07. The van der Waals surface area contributed by atoms with Crippen molar-refractivity contribution in [2.24, 2.45) is 0 Å². The summed E-state index contributed by atoms with van der Waals surface area (Å²) in [5.74, 6) is 0.676. The van der Waals surface area contributed by atoms with E-state index in [0.29, 0.717) is 12.5 Å². The Balaban J connectivity index is 1.36. The highest BCUT2D eigenvalue weighted by Gasteiger charge is 2.09. The quantitative estimate of drug-likeness (QED) is 0.384. The number of para-hydroxylation sites is 1. The molecule has 0 aliphatic carbocycles. The minimum absolute atomic E-state index is 0.651. The van der Waals surface area contributed by atoms with Gasteiger partial charge in [-0.25, -0.2) is 4.98 Å². The van der Waals surface area contributed by atoms with Crippen LogP contribution in [0.25, 0.3) is 10.9 Å². The van der Waals surface area contributed by atoms with Crippen LogP contribution in [0.15, 0.2) is 79.1 Å². The second-order valence-electron chi connectivity index (χ2n) is 6.94. The first-order valence-corrected chi connectivity index (χ1v) is 10.2. The molecule has 1 N–H and O–H groups in total. The lowest BCUT2D eigenvalue weighted by Crippen LogP contribution is -2.17. The van der Waals surface area contributed by atoms with E-state index in [9.17, 15) is 0 Å². The van der Waals surface area contributed by atoms with Crippen molar-refractivity contribution in [3.63, 3.8) is 0 Å². The van der Waals surface area contributed by atoms with Gasteiger partial charge in [0.1, 0.15) is 0 Å². The van der Waals surface area contributed by atoms with E-state index in [0.717, 1.165) is 36.6 Å². The van der Waals surface area contributed by atoms with Gasteiger partial charge in [0, 0.05) is 47.5 Å². The highest BCUT2D eigenvalue weighted by molar-refractivity contribution is 6.31. The molecule has 0 unspecified atom stereocenters. The molecule has 0 aliphatic heterocycles. The fourth-order valence-corrected chi connectivity index (χ4v) is 3.63. The summed E-state index contributed by atoms with van der Waals surface area (Å²) in [7, 11) is 0. The number of fused-ring (bicyclic) bond motifs is 1. The number of hydrogen-bond acceptors (Lipinski definition) is 3. The average Bonchev–Trinajstić information content (AvgIpc) is 3.11. The second kappa shape index (κ2) is 9.59. The van der Waals surface area contributed by atoms with E-state index in [4.69, 9.17) is 16.3 Å². The molecule has 0 saturated heterocycles. The van der Waals surface area contributed by atoms with Gasteiger partial charge in [0.2, 0.25) is 5.88 Å². The fourth-order valence-electron chi connectivity index (χ4n) is 3.43. The van der Waals surface area contributed by atoms with Gasteiger partial charge in [0.05, 0.1) is 6.61 Å². The molecule has 4 aromatic rings. The van der Waals surface area contributed by atoms with E-state index in [-0.39, 0.29) is 0 Å². The van der Waals surface area contributed by atoms with Gasteiger partial charge in [-0.2, -0.15) is 0 Å². The Morgan fingerprint density at radius 1 is 0.931 bits per heavy atom. The maximum atomic E-state index is 6.37. The van der Waals surface area contributed by atoms with Crippen LogP contribution in [0.5, 0.6) is 5.88 Å². The maximum absolute atomic E-state index is 6.37. The number of hydrogen-bond donors (Lipinski definition) is 1. The van der Waals surface area contributed by atoms with Crippen molar-refractivity contribution in [2.75, 3.05) is 13.2 Å². The number of benzene rings is 2. The molecule has 4 nitrogen and oxygen atoms in total. The largest absolute Gasteiger partial charge is 0.478 e. The summed E-state index contributed by atoms with van der Waals surface area (Å²) in [6.45, 7) is 3.12. The van der Waals surface area contributed by atoms with E-state index in [1.54, 1.807) is 6.20 Å². The van der Waals surface area contributed by atoms with Crippen molar-refractivity contribution in [1.29, 1.82) is 0 Å². The number of aromatic nitrogens is 2. The summed E-state index contributed by atoms with van der Waals surface area (Å²) in [6, 6.07) is 22.2. The fraction of sp³-hybridized carbons (Fsp3) is 0.208. The molecule has 0 saturated carbocycles. The van der Waals surface area contributed by atoms with Crippen molar-refractivity contribution in [3.8, 4) is 5.88 Å². The molecule has 0 fully saturated rings. The standard InChI is InChI=1S/C24H24ClN3O/c25-22-10-3-1-8-19(22)17-28-18-20(21-9-2-4-11-23(21)28)16-26-13-7-15-29-24-12-5-6-14-27-24/h1-6,8-12,14,18,26H,7,13,15-17H2. The zero-order valence-corrected chi connectivity index (χ0v) is 17.0. The maximum Gasteiger partial charge on any atom is 0.213 e. The van der Waals surface area contributed by atoms with Crippen molar-refractivity contribution in [1.82, 2.24) is 14.9 Å². The van der Waals surface area contributed by atoms with E-state index in [1.165, 1.54) is 16.5 Å². The lowest BCUT2D eigenvalue weighted by molar-refractivity contribution is 0.296. The van der Waals surface area contributed by atoms with Gasteiger partial charge in [-0.1, -0.05) is 54.1 Å². The SMILES string of the molecule is Clc1ccccc1Cn1cc(CNCCCOc2ccccn2)c2ccccc21. The zero-order chi connectivity index (χ0) is 19.9. The lowest BCUT2D eigenvalue weighted by atomic mass is 10.2. The van der Waals surface area contributed by atoms with Gasteiger partial charge < -0.3 is 14.6 Å². The highest BCUT2D eigenvalue weighted by Crippen LogP contribution is 2.24. The predicted octanol–water partition coefficient (Wildman–Crippen LogP) is 5.30. The number of halogens is 1. The van der Waals surface area contributed by atoms with E-state index >= 15 is 0 Å². The van der Waals surface area contributed by atoms with Crippen LogP contribution < -0.4 is 10.1 Å². The summed E-state index contributed by atoms with van der Waals surface area (Å²) < 4.78 is 7.92. The Labute approximate surface area is 176 Å². The number of nitrogens with one attached hydrogen (secondary N) is 1. The van der Waals surface area contributed by atoms with Crippen LogP contribution in [0.1, 0.15) is 17.5 Å². The Bertz CT molecular complexity index is 1060. The predicted molar refractivity (Wildman–Crippen MR) is 119 cm³/mol. The zero-order valence-electron chi connectivity index (χ0n) is 16.2. The third-order valence-electron chi connectivity index (χ3n) is 4.87. The van der Waals surface area contributed by atoms with E-state index in [2.05, 4.69) is 51.4 Å². The molecular formula is C24H24ClN3O. The first kappa shape index (κ1) is 19.5. The third-order valence-corrected chi connectivity index (χ3v) is 5.24. The van der Waals surface area contributed by atoms with E-state index in [1.807, 2.05) is 36.4 Å². The molecule has 0 spiro atoms. The first-order valence-electron chi connectivity index (χ1n) is 9.86. The van der Waals surface area contributed by atoms with Crippen LogP contribution in [-0.2, 0) is 13.1 Å². The number of pyridine rings is 1. The number of nitrogens with zero attached hydrogens (tertiary/aromatic N) is 2. The van der Waals surface area contributed by atoms with Gasteiger partial charge in [-0.15, -0.1) is 0 Å². The van der Waals surface area contributed by atoms with Gasteiger partial charge in [-0.3, -0.25) is 0 Å². The molecule has 0 aliphatic rings. The number of rotatable bonds is 9. The van der Waals surface area contributed by atoms with Crippen molar-refractivity contribution in [2.45, 2.75) is 19.5 Å². The van der Waals surface area contributed by atoms with Crippen LogP contribution in [0, 0.1) is 0 Å². The van der Waals surface area contributed by atoms with Crippen LogP contribution in [-0.4, -0.2) is 22.7 Å². The minimum atomic E-state index is 0.651. The summed E-state index contributed by atoms with van der Waals surface area (Å²) in [5, 5.41) is 5.61. The molecule has 5 heteroatoms. The average molecular weight is 406 g/mol. The topological polar surface area (TPSA) is 39.1 Å². The number of ether oxygens (including phenoxy) is 1. The molecule has 29 heavy (non-hydrogen) atoms. The Hall–Kier alpha value is -2.82. The molecule has 0 radical (unpaired) electrons. The van der Waals surface area contributed by atoms with Crippen LogP contribution in [0.3, 0.4) is 0 Å². The summed E-state index contributed by atoms with van der Waals surface area (Å²) >= 11 is 6.37. The Kier molecular flexibility index (Phi) is 6.45. The van der Waals surface area contributed by atoms with Crippen molar-refractivity contribution < 1.29 is 4.74 Å². The van der Waals surface area contributed by atoms with Crippen molar-refractivity contribution >= 4 is 22.5 Å². The summed E-state index contributed by atoms with van der Waals surface area (Å²) in [4.78, 5) is 4.17. The van der Waals surface area contributed by atoms with Crippen LogP contribution in [0.2, 0.25) is 5.02 Å². The molecule has 2 aromatic heterocycles. The van der Waals surface area contributed by atoms with E-state index < -0.39 is 0 Å². The molecule has 0 amide bonds. The van der Waals surface area contributed by atoms with Crippen molar-refractivity contribution in [3.05, 3.63) is 95.3 Å². The Morgan fingerprint density at radius 2 is 1.76 bits per heavy atom. The summed E-state index contributed by atoms with van der Waals surface area (Å²) in [6.07, 6.45) is 4.90. The Morgan fingerprint density at radius 3 is 2.62 bits per heavy atom. The van der Waals surface area contributed by atoms with Gasteiger partial charge >= 0.3 is 0 Å². The summed E-state index contributed by atoms with van der Waals surface area (Å²) in [5.41, 5.74) is 3.64. The molecular weight excluding hydrogens is 382 g/mol. The molecule has 2 aromatic carbocycles.